The van der Waals surface area contributed by atoms with E-state index < -0.39 is 0 Å². The van der Waals surface area contributed by atoms with Gasteiger partial charge in [-0.3, -0.25) is 4.79 Å². The lowest BCUT2D eigenvalue weighted by Gasteiger charge is -2.03. The number of amides is 1. The second kappa shape index (κ2) is 8.41. The van der Waals surface area contributed by atoms with Gasteiger partial charge in [-0.25, -0.2) is 0 Å². The summed E-state index contributed by atoms with van der Waals surface area (Å²) in [4.78, 5) is 12.2. The van der Waals surface area contributed by atoms with E-state index in [-0.39, 0.29) is 12.7 Å². The lowest BCUT2D eigenvalue weighted by atomic mass is 10.1. The van der Waals surface area contributed by atoms with Gasteiger partial charge < -0.3 is 14.8 Å². The Morgan fingerprint density at radius 3 is 2.81 bits per heavy atom. The minimum atomic E-state index is -0.0802. The first-order valence-corrected chi connectivity index (χ1v) is 10.2. The van der Waals surface area contributed by atoms with E-state index in [1.165, 1.54) is 16.9 Å². The zero-order valence-electron chi connectivity index (χ0n) is 14.4. The van der Waals surface area contributed by atoms with Crippen LogP contribution in [-0.4, -0.2) is 22.9 Å². The topological polar surface area (TPSA) is 73.3 Å². The molecule has 1 N–H and O–H groups in total. The summed E-state index contributed by atoms with van der Waals surface area (Å²) in [6.45, 7) is 0.251. The molecule has 1 amide bonds. The molecule has 0 saturated heterocycles. The maximum atomic E-state index is 12.2. The van der Waals surface area contributed by atoms with Crippen molar-refractivity contribution in [2.45, 2.75) is 22.9 Å². The number of benzene rings is 2. The summed E-state index contributed by atoms with van der Waals surface area (Å²) in [5.41, 5.74) is 2.26. The monoisotopic (exact) mass is 399 g/mol. The molecule has 2 aromatic carbocycles. The second-order valence-electron chi connectivity index (χ2n) is 5.88. The van der Waals surface area contributed by atoms with Gasteiger partial charge in [0, 0.05) is 12.2 Å². The smallest absolute Gasteiger partial charge is 0.231 e. The van der Waals surface area contributed by atoms with Crippen LogP contribution in [0.1, 0.15) is 17.5 Å². The third-order valence-corrected chi connectivity index (χ3v) is 5.98. The van der Waals surface area contributed by atoms with Crippen LogP contribution in [-0.2, 0) is 17.0 Å². The normalized spacial score (nSPS) is 12.1. The van der Waals surface area contributed by atoms with Crippen LogP contribution >= 0.6 is 23.1 Å². The zero-order valence-corrected chi connectivity index (χ0v) is 16.0. The summed E-state index contributed by atoms with van der Waals surface area (Å²) in [5.74, 6) is 2.23. The molecule has 138 valence electrons. The molecule has 3 aromatic rings. The molecule has 0 fully saturated rings. The van der Waals surface area contributed by atoms with Gasteiger partial charge in [0.05, 0.1) is 0 Å². The highest BCUT2D eigenvalue weighted by Crippen LogP contribution is 2.33. The minimum Gasteiger partial charge on any atom is -0.454 e. The van der Waals surface area contributed by atoms with Crippen LogP contribution < -0.4 is 14.8 Å². The zero-order chi connectivity index (χ0) is 18.5. The molecular formula is C19H17N3O3S2. The summed E-state index contributed by atoms with van der Waals surface area (Å²) in [6, 6.07) is 15.9. The van der Waals surface area contributed by atoms with Gasteiger partial charge in [-0.15, -0.1) is 10.2 Å². The number of fused-ring (bicyclic) bond motifs is 1. The highest BCUT2D eigenvalue weighted by molar-refractivity contribution is 8.00. The van der Waals surface area contributed by atoms with Gasteiger partial charge in [-0.05, 0) is 29.7 Å². The average Bonchev–Trinajstić information content (AvgIpc) is 3.34. The van der Waals surface area contributed by atoms with Crippen LogP contribution in [0.3, 0.4) is 0 Å². The van der Waals surface area contributed by atoms with Crippen molar-refractivity contribution in [2.75, 3.05) is 12.1 Å². The van der Waals surface area contributed by atoms with Crippen molar-refractivity contribution >= 4 is 34.1 Å². The number of anilines is 1. The first-order valence-electron chi connectivity index (χ1n) is 8.45. The molecular weight excluding hydrogens is 382 g/mol. The van der Waals surface area contributed by atoms with Gasteiger partial charge in [-0.2, -0.15) is 0 Å². The van der Waals surface area contributed by atoms with Crippen molar-refractivity contribution < 1.29 is 14.3 Å². The van der Waals surface area contributed by atoms with E-state index in [4.69, 9.17) is 9.47 Å². The van der Waals surface area contributed by atoms with Gasteiger partial charge >= 0.3 is 0 Å². The molecule has 0 atom stereocenters. The first kappa shape index (κ1) is 17.8. The number of nitrogens with one attached hydrogen (secondary N) is 1. The molecule has 0 saturated carbocycles. The van der Waals surface area contributed by atoms with Crippen LogP contribution in [0, 0.1) is 0 Å². The quantitative estimate of drug-likeness (QED) is 0.476. The number of hydrogen-bond acceptors (Lipinski definition) is 7. The lowest BCUT2D eigenvalue weighted by Crippen LogP contribution is -2.12. The number of carbonyl (C=O) groups excluding carboxylic acids is 1. The number of rotatable bonds is 7. The number of aryl methyl sites for hydroxylation is 1. The first-order chi connectivity index (χ1) is 13.3. The number of nitrogens with zero attached hydrogens (tertiary/aromatic N) is 2. The average molecular weight is 399 g/mol. The molecule has 0 spiro atoms. The van der Waals surface area contributed by atoms with Gasteiger partial charge in [0.15, 0.2) is 15.8 Å². The van der Waals surface area contributed by atoms with Gasteiger partial charge in [0.25, 0.3) is 0 Å². The Balaban J connectivity index is 1.25. The maximum Gasteiger partial charge on any atom is 0.231 e. The van der Waals surface area contributed by atoms with Crippen LogP contribution in [0.4, 0.5) is 5.13 Å². The standard InChI is InChI=1S/C19H17N3O3S2/c23-17(9-7-13-6-8-15-16(10-13)25-12-24-15)20-18-21-22-19(27-18)26-11-14-4-2-1-3-5-14/h1-6,8,10H,7,9,11-12H2,(H,20,21,23). The van der Waals surface area contributed by atoms with E-state index in [1.54, 1.807) is 11.8 Å². The van der Waals surface area contributed by atoms with E-state index in [2.05, 4.69) is 27.6 Å². The van der Waals surface area contributed by atoms with E-state index >= 15 is 0 Å². The van der Waals surface area contributed by atoms with E-state index in [1.807, 2.05) is 36.4 Å². The molecule has 0 unspecified atom stereocenters. The fourth-order valence-electron chi connectivity index (χ4n) is 2.57. The Kier molecular flexibility index (Phi) is 5.55. The Bertz CT molecular complexity index is 931. The molecule has 6 nitrogen and oxygen atoms in total. The number of thioether (sulfide) groups is 1. The Morgan fingerprint density at radius 2 is 1.93 bits per heavy atom. The summed E-state index contributed by atoms with van der Waals surface area (Å²) in [5, 5.41) is 11.5. The largest absolute Gasteiger partial charge is 0.454 e. The molecule has 1 aliphatic heterocycles. The summed E-state index contributed by atoms with van der Waals surface area (Å²) in [7, 11) is 0. The van der Waals surface area contributed by atoms with Crippen molar-refractivity contribution in [1.29, 1.82) is 0 Å². The highest BCUT2D eigenvalue weighted by Gasteiger charge is 2.14. The fraction of sp³-hybridized carbons (Fsp3) is 0.211. The van der Waals surface area contributed by atoms with Crippen LogP contribution in [0.25, 0.3) is 0 Å². The van der Waals surface area contributed by atoms with Crippen molar-refractivity contribution in [1.82, 2.24) is 10.2 Å². The molecule has 0 radical (unpaired) electrons. The molecule has 2 heterocycles. The fourth-order valence-corrected chi connectivity index (χ4v) is 4.30. The van der Waals surface area contributed by atoms with Gasteiger partial charge in [0.1, 0.15) is 0 Å². The van der Waals surface area contributed by atoms with Crippen molar-refractivity contribution in [3.8, 4) is 11.5 Å². The molecule has 8 heteroatoms. The SMILES string of the molecule is O=C(CCc1ccc2c(c1)OCO2)Nc1nnc(SCc2ccccc2)s1. The Labute approximate surface area is 164 Å². The van der Waals surface area contributed by atoms with Crippen LogP contribution in [0.2, 0.25) is 0 Å². The van der Waals surface area contributed by atoms with Gasteiger partial charge in [0.2, 0.25) is 17.8 Å². The third kappa shape index (κ3) is 4.78. The summed E-state index contributed by atoms with van der Waals surface area (Å²) in [6.07, 6.45) is 0.989. The second-order valence-corrected chi connectivity index (χ2v) is 8.08. The Morgan fingerprint density at radius 1 is 1.07 bits per heavy atom. The molecule has 1 aliphatic rings. The number of carbonyl (C=O) groups is 1. The predicted octanol–water partition coefficient (Wildman–Crippen LogP) is 4.13. The van der Waals surface area contributed by atoms with E-state index in [9.17, 15) is 4.79 Å². The molecule has 1 aromatic heterocycles. The molecule has 27 heavy (non-hydrogen) atoms. The summed E-state index contributed by atoms with van der Waals surface area (Å²) >= 11 is 3.00. The Hall–Kier alpha value is -2.58. The maximum absolute atomic E-state index is 12.2. The third-order valence-electron chi connectivity index (χ3n) is 3.94. The van der Waals surface area contributed by atoms with Crippen molar-refractivity contribution in [3.63, 3.8) is 0 Å². The summed E-state index contributed by atoms with van der Waals surface area (Å²) < 4.78 is 11.5. The number of aromatic nitrogens is 2. The molecule has 4 rings (SSSR count). The molecule has 0 aliphatic carbocycles. The predicted molar refractivity (Wildman–Crippen MR) is 105 cm³/mol. The highest BCUT2D eigenvalue weighted by atomic mass is 32.2. The van der Waals surface area contributed by atoms with Crippen molar-refractivity contribution in [3.05, 3.63) is 59.7 Å². The minimum absolute atomic E-state index is 0.0802. The number of hydrogen-bond donors (Lipinski definition) is 1. The van der Waals surface area contributed by atoms with E-state index in [0.717, 1.165) is 27.2 Å². The van der Waals surface area contributed by atoms with Crippen LogP contribution in [0.15, 0.2) is 52.9 Å². The molecule has 0 bridgehead atoms. The van der Waals surface area contributed by atoms with Gasteiger partial charge in [-0.1, -0.05) is 59.5 Å². The van der Waals surface area contributed by atoms with Crippen molar-refractivity contribution in [2.24, 2.45) is 0 Å². The lowest BCUT2D eigenvalue weighted by molar-refractivity contribution is -0.116. The number of ether oxygens (including phenoxy) is 2. The van der Waals surface area contributed by atoms with Crippen LogP contribution in [0.5, 0.6) is 11.5 Å². The van der Waals surface area contributed by atoms with E-state index in [0.29, 0.717) is 18.0 Å².